The monoisotopic (exact) mass is 574 g/mol. The van der Waals surface area contributed by atoms with Gasteiger partial charge in [0, 0.05) is 19.7 Å². The van der Waals surface area contributed by atoms with Gasteiger partial charge >= 0.3 is 0 Å². The summed E-state index contributed by atoms with van der Waals surface area (Å²) in [5, 5.41) is 17.2. The predicted molar refractivity (Wildman–Crippen MR) is 141 cm³/mol. The van der Waals surface area contributed by atoms with Gasteiger partial charge in [0.15, 0.2) is 5.69 Å². The van der Waals surface area contributed by atoms with E-state index in [2.05, 4.69) is 58.8 Å². The van der Waals surface area contributed by atoms with Gasteiger partial charge in [0.1, 0.15) is 16.7 Å². The molecule has 4 rings (SSSR count). The van der Waals surface area contributed by atoms with E-state index in [9.17, 15) is 4.79 Å². The largest absolute Gasteiger partial charge is 0.397 e. The summed E-state index contributed by atoms with van der Waals surface area (Å²) in [6, 6.07) is 7.60. The zero-order chi connectivity index (χ0) is 23.7. The van der Waals surface area contributed by atoms with Crippen molar-refractivity contribution in [2.24, 2.45) is 11.5 Å². The average molecular weight is 576 g/mol. The molecule has 0 fully saturated rings. The smallest absolute Gasteiger partial charge is 0.271 e. The van der Waals surface area contributed by atoms with Crippen LogP contribution < -0.4 is 22.9 Å². The van der Waals surface area contributed by atoms with Crippen LogP contribution in [0.15, 0.2) is 39.8 Å². The van der Waals surface area contributed by atoms with Crippen molar-refractivity contribution in [3.8, 4) is 0 Å². The van der Waals surface area contributed by atoms with Crippen molar-refractivity contribution in [3.05, 3.63) is 62.3 Å². The van der Waals surface area contributed by atoms with E-state index < -0.39 is 5.91 Å². The Morgan fingerprint density at radius 2 is 1.45 bits per heavy atom. The highest BCUT2D eigenvalue weighted by Gasteiger charge is 2.14. The van der Waals surface area contributed by atoms with Gasteiger partial charge in [-0.1, -0.05) is 26.1 Å². The quantitative estimate of drug-likeness (QED) is 0.275. The Labute approximate surface area is 207 Å². The zero-order valence-electron chi connectivity index (χ0n) is 17.3. The number of carbonyl (C=O) groups is 1. The van der Waals surface area contributed by atoms with Gasteiger partial charge in [-0.15, -0.1) is 20.4 Å². The molecule has 0 bridgehead atoms. The van der Waals surface area contributed by atoms with Gasteiger partial charge in [-0.3, -0.25) is 4.79 Å². The topological polar surface area (TPSA) is 173 Å². The van der Waals surface area contributed by atoms with E-state index in [0.29, 0.717) is 28.0 Å². The maximum absolute atomic E-state index is 11.0. The van der Waals surface area contributed by atoms with E-state index in [0.717, 1.165) is 31.0 Å². The van der Waals surface area contributed by atoms with E-state index in [4.69, 9.17) is 22.9 Å². The van der Waals surface area contributed by atoms with Gasteiger partial charge in [0.2, 0.25) is 0 Å². The van der Waals surface area contributed by atoms with Crippen molar-refractivity contribution in [2.45, 2.75) is 21.3 Å². The number of amides is 1. The lowest BCUT2D eigenvalue weighted by atomic mass is 10.1. The first-order chi connectivity index (χ1) is 15.0. The second-order valence-electron chi connectivity index (χ2n) is 7.05. The molecule has 2 aromatic heterocycles. The minimum atomic E-state index is -0.677. The van der Waals surface area contributed by atoms with Crippen LogP contribution in [0, 0.1) is 13.8 Å². The van der Waals surface area contributed by atoms with Crippen LogP contribution in [-0.2, 0) is 0 Å². The molecule has 11 heteroatoms. The highest BCUT2D eigenvalue weighted by Crippen LogP contribution is 2.30. The number of aryl methyl sites for hydroxylation is 2. The van der Waals surface area contributed by atoms with Gasteiger partial charge in [0.25, 0.3) is 5.91 Å². The molecule has 0 aliphatic heterocycles. The number of nitrogens with zero attached hydrogens (tertiary/aromatic N) is 4. The van der Waals surface area contributed by atoms with Crippen LogP contribution in [0.4, 0.5) is 11.4 Å². The number of fused-ring (bicyclic) bond motifs is 2. The Kier molecular flexibility index (Phi) is 7.93. The molecule has 33 heavy (non-hydrogen) atoms. The molecule has 0 saturated heterocycles. The van der Waals surface area contributed by atoms with Gasteiger partial charge in [-0.2, -0.15) is 0 Å². The van der Waals surface area contributed by atoms with Crippen LogP contribution in [0.3, 0.4) is 0 Å². The summed E-state index contributed by atoms with van der Waals surface area (Å²) in [4.78, 5) is 11.0. The van der Waals surface area contributed by atoms with Crippen molar-refractivity contribution in [1.29, 1.82) is 0 Å². The molecule has 1 amide bonds. The molecule has 0 aliphatic carbocycles. The van der Waals surface area contributed by atoms with Gasteiger partial charge in [-0.05, 0) is 69.0 Å². The summed E-state index contributed by atoms with van der Waals surface area (Å²) in [7, 11) is 0. The lowest BCUT2D eigenvalue weighted by Gasteiger charge is -2.08. The Bertz CT molecular complexity index is 1410. The summed E-state index contributed by atoms with van der Waals surface area (Å²) in [6.07, 6.45) is 0. The van der Waals surface area contributed by atoms with Crippen LogP contribution in [0.5, 0.6) is 0 Å². The number of carbonyl (C=O) groups excluding carboxylic acids is 1. The third-order valence-electron chi connectivity index (χ3n) is 4.65. The first-order valence-corrected chi connectivity index (χ1v) is 10.8. The molecule has 0 spiro atoms. The molecule has 2 heterocycles. The molecule has 172 valence electrons. The van der Waals surface area contributed by atoms with Crippen molar-refractivity contribution >= 4 is 76.6 Å². The summed E-state index contributed by atoms with van der Waals surface area (Å²) in [5.41, 5.74) is 27.6. The fourth-order valence-electron chi connectivity index (χ4n) is 3.00. The molecule has 4 aromatic rings. The second kappa shape index (κ2) is 10.1. The first-order valence-electron chi connectivity index (χ1n) is 9.20. The summed E-state index contributed by atoms with van der Waals surface area (Å²) < 4.78 is 1.69. The highest BCUT2D eigenvalue weighted by molar-refractivity contribution is 9.11. The van der Waals surface area contributed by atoms with Gasteiger partial charge in [0.05, 0.1) is 17.1 Å². The maximum Gasteiger partial charge on any atom is 0.271 e. The third kappa shape index (κ3) is 5.04. The third-order valence-corrected chi connectivity index (χ3v) is 6.25. The number of anilines is 2. The van der Waals surface area contributed by atoms with Gasteiger partial charge in [-0.25, -0.2) is 0 Å². The molecule has 9 nitrogen and oxygen atoms in total. The number of benzene rings is 2. The molecular formula is C22H24Br2N8O. The summed E-state index contributed by atoms with van der Waals surface area (Å²) >= 11 is 6.83. The number of halogens is 2. The van der Waals surface area contributed by atoms with E-state index in [1.54, 1.807) is 6.07 Å². The first kappa shape index (κ1) is 25.9. The lowest BCUT2D eigenvalue weighted by molar-refractivity contribution is 0.0996. The molecule has 0 aliphatic rings. The number of hydrogen-bond acceptors (Lipinski definition) is 8. The van der Waals surface area contributed by atoms with Crippen LogP contribution in [0.25, 0.3) is 27.5 Å². The lowest BCUT2D eigenvalue weighted by Crippen LogP contribution is -2.16. The van der Waals surface area contributed by atoms with E-state index in [-0.39, 0.29) is 18.8 Å². The Morgan fingerprint density at radius 3 is 2.06 bits per heavy atom. The Balaban J connectivity index is 0.000000227. The van der Waals surface area contributed by atoms with E-state index in [1.165, 1.54) is 0 Å². The molecule has 0 unspecified atom stereocenters. The number of nitrogen functional groups attached to an aromatic ring is 2. The maximum atomic E-state index is 11.0. The predicted octanol–water partition coefficient (Wildman–Crippen LogP) is 4.23. The number of nitrogens with two attached hydrogens (primary N) is 4. The summed E-state index contributed by atoms with van der Waals surface area (Å²) in [5.74, 6) is -0.677. The number of primary amides is 1. The standard InChI is InChI=1S/C11H11BrN4.C10H9BrN4O.CH4/c1-5-3-7-9(14)10(6(2)13)15-16-11(7)8(12)4-5;1-4-2-3-5-7(12)9(10(13)16)15-14-8(5)6(4)11;/h3-4H,2,13H2,1H3,(H2,14,16);2-3H,1H3,(H2,12,14)(H2,13,16);1H4. The molecule has 0 radical (unpaired) electrons. The van der Waals surface area contributed by atoms with E-state index >= 15 is 0 Å². The van der Waals surface area contributed by atoms with E-state index in [1.807, 2.05) is 32.0 Å². The number of rotatable bonds is 2. The fraction of sp³-hybridized carbons (Fsp3) is 0.136. The minimum Gasteiger partial charge on any atom is -0.397 e. The van der Waals surface area contributed by atoms with Crippen LogP contribution in [0.2, 0.25) is 0 Å². The highest BCUT2D eigenvalue weighted by atomic mass is 79.9. The number of aromatic nitrogens is 4. The second-order valence-corrected chi connectivity index (χ2v) is 8.70. The van der Waals surface area contributed by atoms with Crippen molar-refractivity contribution in [2.75, 3.05) is 11.5 Å². The summed E-state index contributed by atoms with van der Waals surface area (Å²) in [6.45, 7) is 7.54. The molecular weight excluding hydrogens is 552 g/mol. The number of hydrogen-bond donors (Lipinski definition) is 4. The van der Waals surface area contributed by atoms with Gasteiger partial charge < -0.3 is 22.9 Å². The SMILES string of the molecule is C.C=C(N)c1nnc2c(Br)cc(C)cc2c1N.Cc1ccc2c(N)c(C(N)=O)nnc2c1Br. The molecule has 2 aromatic carbocycles. The van der Waals surface area contributed by atoms with Crippen molar-refractivity contribution < 1.29 is 4.79 Å². The molecule has 8 N–H and O–H groups in total. The Hall–Kier alpha value is -3.31. The normalized spacial score (nSPS) is 10.3. The fourth-order valence-corrected chi connectivity index (χ4v) is 4.08. The molecule has 0 saturated carbocycles. The zero-order valence-corrected chi connectivity index (χ0v) is 20.5. The van der Waals surface area contributed by atoms with Crippen molar-refractivity contribution in [1.82, 2.24) is 20.4 Å². The molecule has 0 atom stereocenters. The van der Waals surface area contributed by atoms with Crippen molar-refractivity contribution in [3.63, 3.8) is 0 Å². The van der Waals surface area contributed by atoms with Crippen LogP contribution >= 0.6 is 31.9 Å². The average Bonchev–Trinajstić information content (AvgIpc) is 2.72. The van der Waals surface area contributed by atoms with Crippen LogP contribution in [-0.4, -0.2) is 26.3 Å². The Morgan fingerprint density at radius 1 is 0.879 bits per heavy atom. The van der Waals surface area contributed by atoms with Crippen LogP contribution in [0.1, 0.15) is 34.7 Å². The minimum absolute atomic E-state index is 0.